The number of hydrogen-bond donors (Lipinski definition) is 1. The second-order valence-electron chi connectivity index (χ2n) is 6.00. The molecule has 3 aromatic carbocycles. The summed E-state index contributed by atoms with van der Waals surface area (Å²) < 4.78 is 0. The predicted octanol–water partition coefficient (Wildman–Crippen LogP) is 6.26. The van der Waals surface area contributed by atoms with Gasteiger partial charge in [-0.3, -0.25) is 15.1 Å². The number of aromatic nitrogens is 1. The summed E-state index contributed by atoms with van der Waals surface area (Å²) in [5.41, 5.74) is 3.06. The van der Waals surface area contributed by atoms with Crippen LogP contribution in [0.4, 0.5) is 5.69 Å². The lowest BCUT2D eigenvalue weighted by molar-refractivity contribution is -0.384. The van der Waals surface area contributed by atoms with E-state index >= 15 is 0 Å². The largest absolute Gasteiger partial charge is 0.508 e. The second kappa shape index (κ2) is 7.84. The van der Waals surface area contributed by atoms with Crippen molar-refractivity contribution in [3.05, 3.63) is 88.1 Å². The molecule has 0 aliphatic heterocycles. The third-order valence-corrected chi connectivity index (χ3v) is 4.68. The number of halogens is 2. The maximum absolute atomic E-state index is 11.7. The Labute approximate surface area is 171 Å². The van der Waals surface area contributed by atoms with Crippen LogP contribution in [0.1, 0.15) is 0 Å². The minimum absolute atomic E-state index is 0. The maximum atomic E-state index is 11.7. The molecule has 5 nitrogen and oxygen atoms in total. The third kappa shape index (κ3) is 3.38. The average molecular weight is 413 g/mol. The van der Waals surface area contributed by atoms with Gasteiger partial charge in [0.15, 0.2) is 0 Å². The van der Waals surface area contributed by atoms with Gasteiger partial charge in [0.2, 0.25) is 0 Å². The number of benzene rings is 3. The summed E-state index contributed by atoms with van der Waals surface area (Å²) in [4.78, 5) is 15.6. The van der Waals surface area contributed by atoms with Crippen molar-refractivity contribution in [1.29, 1.82) is 0 Å². The van der Waals surface area contributed by atoms with Crippen LogP contribution in [0, 0.1) is 10.1 Å². The number of rotatable bonds is 3. The van der Waals surface area contributed by atoms with E-state index in [4.69, 9.17) is 11.6 Å². The summed E-state index contributed by atoms with van der Waals surface area (Å²) in [5, 5.41) is 22.2. The molecule has 0 unspecified atom stereocenters. The third-order valence-electron chi connectivity index (χ3n) is 4.38. The van der Waals surface area contributed by atoms with Gasteiger partial charge in [0, 0.05) is 17.6 Å². The van der Waals surface area contributed by atoms with Crippen molar-refractivity contribution in [1.82, 2.24) is 4.98 Å². The number of hydrogen-bond acceptors (Lipinski definition) is 4. The molecule has 0 aliphatic rings. The van der Waals surface area contributed by atoms with E-state index < -0.39 is 4.92 Å². The number of phenolic OH excluding ortho intramolecular Hbond substituents is 1. The molecule has 4 rings (SSSR count). The monoisotopic (exact) mass is 412 g/mol. The Kier molecular flexibility index (Phi) is 5.49. The van der Waals surface area contributed by atoms with E-state index in [1.54, 1.807) is 18.3 Å². The highest BCUT2D eigenvalue weighted by atomic mass is 35.5. The van der Waals surface area contributed by atoms with Gasteiger partial charge in [-0.2, -0.15) is 0 Å². The van der Waals surface area contributed by atoms with Crippen LogP contribution in [0.15, 0.2) is 72.9 Å². The van der Waals surface area contributed by atoms with Crippen molar-refractivity contribution in [2.45, 2.75) is 0 Å². The van der Waals surface area contributed by atoms with E-state index in [-0.39, 0.29) is 28.9 Å². The van der Waals surface area contributed by atoms with E-state index in [2.05, 4.69) is 4.98 Å². The highest BCUT2D eigenvalue weighted by Crippen LogP contribution is 2.43. The Morgan fingerprint density at radius 3 is 2.29 bits per heavy atom. The smallest absolute Gasteiger partial charge is 0.280 e. The van der Waals surface area contributed by atoms with Crippen molar-refractivity contribution < 1.29 is 10.0 Å². The number of nitrogens with zero attached hydrogens (tertiary/aromatic N) is 2. The van der Waals surface area contributed by atoms with E-state index in [9.17, 15) is 15.2 Å². The van der Waals surface area contributed by atoms with Crippen LogP contribution in [-0.2, 0) is 0 Å². The first-order chi connectivity index (χ1) is 13.1. The van der Waals surface area contributed by atoms with Gasteiger partial charge in [-0.1, -0.05) is 54.1 Å². The normalized spacial score (nSPS) is 10.5. The zero-order valence-corrected chi connectivity index (χ0v) is 15.9. The second-order valence-corrected chi connectivity index (χ2v) is 6.41. The molecule has 0 aliphatic carbocycles. The average Bonchev–Trinajstić information content (AvgIpc) is 2.69. The Bertz CT molecular complexity index is 1160. The fraction of sp³-hybridized carbons (Fsp3) is 0. The van der Waals surface area contributed by atoms with Crippen LogP contribution in [0.3, 0.4) is 0 Å². The van der Waals surface area contributed by atoms with Crippen molar-refractivity contribution in [2.24, 2.45) is 0 Å². The first kappa shape index (κ1) is 19.6. The molecule has 0 saturated heterocycles. The van der Waals surface area contributed by atoms with Crippen molar-refractivity contribution in [3.63, 3.8) is 0 Å². The van der Waals surface area contributed by atoms with E-state index in [0.717, 1.165) is 11.1 Å². The quantitative estimate of drug-likeness (QED) is 0.318. The van der Waals surface area contributed by atoms with Crippen LogP contribution in [0.5, 0.6) is 5.75 Å². The Hall–Kier alpha value is -3.15. The lowest BCUT2D eigenvalue weighted by Crippen LogP contribution is -1.96. The van der Waals surface area contributed by atoms with Gasteiger partial charge in [0.05, 0.1) is 21.0 Å². The van der Waals surface area contributed by atoms with Crippen LogP contribution >= 0.6 is 24.0 Å². The van der Waals surface area contributed by atoms with Crippen LogP contribution in [0.2, 0.25) is 5.02 Å². The Morgan fingerprint density at radius 1 is 0.964 bits per heavy atom. The molecule has 0 amide bonds. The van der Waals surface area contributed by atoms with E-state index in [1.807, 2.05) is 36.4 Å². The maximum Gasteiger partial charge on any atom is 0.280 e. The fourth-order valence-corrected chi connectivity index (χ4v) is 3.49. The number of aromatic hydroxyl groups is 1. The molecule has 28 heavy (non-hydrogen) atoms. The van der Waals surface area contributed by atoms with E-state index in [0.29, 0.717) is 22.0 Å². The topological polar surface area (TPSA) is 76.3 Å². The van der Waals surface area contributed by atoms with E-state index in [1.165, 1.54) is 18.2 Å². The minimum Gasteiger partial charge on any atom is -0.508 e. The number of nitro groups is 1. The van der Waals surface area contributed by atoms with Crippen molar-refractivity contribution >= 4 is 40.6 Å². The van der Waals surface area contributed by atoms with Crippen molar-refractivity contribution in [2.75, 3.05) is 0 Å². The molecule has 140 valence electrons. The van der Waals surface area contributed by atoms with Crippen molar-refractivity contribution in [3.8, 4) is 28.0 Å². The Morgan fingerprint density at radius 2 is 1.64 bits per heavy atom. The molecule has 0 atom stereocenters. The molecule has 4 aromatic rings. The van der Waals surface area contributed by atoms with Crippen LogP contribution in [0.25, 0.3) is 33.2 Å². The summed E-state index contributed by atoms with van der Waals surface area (Å²) >= 11 is 6.46. The highest BCUT2D eigenvalue weighted by molar-refractivity contribution is 6.37. The SMILES string of the molecule is Cl.O=[N+]([O-])c1cc(Cl)c2c(-c3ccccc3)ccnc2c1-c1ccc(O)cc1. The van der Waals surface area contributed by atoms with Gasteiger partial charge in [-0.25, -0.2) is 0 Å². The molecule has 0 radical (unpaired) electrons. The lowest BCUT2D eigenvalue weighted by atomic mass is 9.95. The number of fused-ring (bicyclic) bond motifs is 1. The number of nitro benzene ring substituents is 1. The summed E-state index contributed by atoms with van der Waals surface area (Å²) in [7, 11) is 0. The van der Waals surface area contributed by atoms with Gasteiger partial charge < -0.3 is 5.11 Å². The van der Waals surface area contributed by atoms with Gasteiger partial charge >= 0.3 is 0 Å². The van der Waals surface area contributed by atoms with Gasteiger partial charge in [0.1, 0.15) is 5.75 Å². The first-order valence-electron chi connectivity index (χ1n) is 8.16. The molecular formula is C21H14Cl2N2O3. The standard InChI is InChI=1S/C21H13ClN2O3.ClH/c22-17-12-18(24(26)27)19(14-6-8-15(25)9-7-14)21-20(17)16(10-11-23-21)13-4-2-1-3-5-13;/h1-12,25H;1H. The van der Waals surface area contributed by atoms with Gasteiger partial charge in [-0.15, -0.1) is 12.4 Å². The van der Waals surface area contributed by atoms with Gasteiger partial charge in [0.25, 0.3) is 5.69 Å². The highest BCUT2D eigenvalue weighted by Gasteiger charge is 2.24. The molecule has 0 saturated carbocycles. The zero-order valence-electron chi connectivity index (χ0n) is 14.4. The number of pyridine rings is 1. The zero-order chi connectivity index (χ0) is 19.0. The summed E-state index contributed by atoms with van der Waals surface area (Å²) in [6.45, 7) is 0. The molecule has 0 bridgehead atoms. The first-order valence-corrected chi connectivity index (χ1v) is 8.54. The molecule has 1 N–H and O–H groups in total. The van der Waals surface area contributed by atoms with Crippen LogP contribution in [-0.4, -0.2) is 15.0 Å². The summed E-state index contributed by atoms with van der Waals surface area (Å²) in [6, 6.07) is 19.1. The predicted molar refractivity (Wildman–Crippen MR) is 113 cm³/mol. The Balaban J connectivity index is 0.00000225. The fourth-order valence-electron chi connectivity index (χ4n) is 3.19. The minimum atomic E-state index is -0.468. The molecule has 7 heteroatoms. The molecule has 1 aromatic heterocycles. The molecule has 0 fully saturated rings. The lowest BCUT2D eigenvalue weighted by Gasteiger charge is -2.13. The summed E-state index contributed by atoms with van der Waals surface area (Å²) in [5.74, 6) is 0.0811. The van der Waals surface area contributed by atoms with Crippen LogP contribution < -0.4 is 0 Å². The molecule has 0 spiro atoms. The molecule has 1 heterocycles. The summed E-state index contributed by atoms with van der Waals surface area (Å²) in [6.07, 6.45) is 1.62. The number of phenols is 1. The molecular weight excluding hydrogens is 399 g/mol. The van der Waals surface area contributed by atoms with Gasteiger partial charge in [-0.05, 0) is 34.9 Å².